The van der Waals surface area contributed by atoms with Crippen LogP contribution < -0.4 is 0 Å². The van der Waals surface area contributed by atoms with Gasteiger partial charge in [0, 0.05) is 5.57 Å². The molecular formula is C15H24O4. The lowest BCUT2D eigenvalue weighted by atomic mass is 9.72. The van der Waals surface area contributed by atoms with Gasteiger partial charge in [-0.2, -0.15) is 0 Å². The van der Waals surface area contributed by atoms with Gasteiger partial charge < -0.3 is 9.84 Å². The molecule has 4 nitrogen and oxygen atoms in total. The predicted octanol–water partition coefficient (Wildman–Crippen LogP) is 3.31. The summed E-state index contributed by atoms with van der Waals surface area (Å²) in [7, 11) is 0. The predicted molar refractivity (Wildman–Crippen MR) is 72.8 cm³/mol. The van der Waals surface area contributed by atoms with Crippen LogP contribution in [0, 0.1) is 5.92 Å². The Hall–Kier alpha value is -1.32. The van der Waals surface area contributed by atoms with Gasteiger partial charge in [-0.3, -0.25) is 4.79 Å². The van der Waals surface area contributed by atoms with E-state index in [0.29, 0.717) is 5.92 Å². The molecule has 1 aliphatic rings. The third-order valence-electron chi connectivity index (χ3n) is 4.19. The fourth-order valence-corrected chi connectivity index (χ4v) is 3.04. The molecule has 19 heavy (non-hydrogen) atoms. The van der Waals surface area contributed by atoms with Gasteiger partial charge in [0.2, 0.25) is 0 Å². The van der Waals surface area contributed by atoms with Crippen LogP contribution in [0.4, 0.5) is 0 Å². The molecule has 0 aromatic rings. The van der Waals surface area contributed by atoms with Crippen LogP contribution in [0.5, 0.6) is 0 Å². The van der Waals surface area contributed by atoms with E-state index in [1.807, 2.05) is 6.92 Å². The van der Waals surface area contributed by atoms with Crippen LogP contribution in [-0.4, -0.2) is 22.6 Å². The van der Waals surface area contributed by atoms with Gasteiger partial charge in [-0.1, -0.05) is 26.8 Å². The molecule has 0 bridgehead atoms. The molecule has 2 atom stereocenters. The molecule has 0 aromatic heterocycles. The molecule has 1 fully saturated rings. The molecule has 0 saturated heterocycles. The van der Waals surface area contributed by atoms with E-state index in [4.69, 9.17) is 9.84 Å². The Morgan fingerprint density at radius 3 is 2.58 bits per heavy atom. The van der Waals surface area contributed by atoms with E-state index in [1.54, 1.807) is 0 Å². The Balaban J connectivity index is 2.76. The maximum atomic E-state index is 12.0. The number of carbonyl (C=O) groups is 2. The Morgan fingerprint density at radius 2 is 2.05 bits per heavy atom. The van der Waals surface area contributed by atoms with Crippen LogP contribution in [0.1, 0.15) is 58.8 Å². The normalized spacial score (nSPS) is 26.7. The number of carboxylic acids is 1. The molecule has 1 aliphatic carbocycles. The standard InChI is InChI=1S/C15H24O4/c1-4-12-8-6-7-9-15(12,5-2)19-14(18)11(3)10-13(16)17/h12H,3-10H2,1-2H3,(H,16,17). The zero-order valence-electron chi connectivity index (χ0n) is 11.9. The Labute approximate surface area is 114 Å². The minimum absolute atomic E-state index is 0.0285. The van der Waals surface area contributed by atoms with Crippen LogP contribution >= 0.6 is 0 Å². The van der Waals surface area contributed by atoms with Crippen molar-refractivity contribution < 1.29 is 19.4 Å². The van der Waals surface area contributed by atoms with Crippen molar-refractivity contribution in [3.8, 4) is 0 Å². The maximum absolute atomic E-state index is 12.0. The molecule has 4 heteroatoms. The van der Waals surface area contributed by atoms with Crippen LogP contribution in [0.3, 0.4) is 0 Å². The van der Waals surface area contributed by atoms with E-state index in [1.165, 1.54) is 6.42 Å². The van der Waals surface area contributed by atoms with Crippen LogP contribution in [0.2, 0.25) is 0 Å². The first kappa shape index (κ1) is 15.7. The average Bonchev–Trinajstić information content (AvgIpc) is 2.38. The number of carbonyl (C=O) groups excluding carboxylic acids is 1. The molecule has 1 saturated carbocycles. The van der Waals surface area contributed by atoms with Gasteiger partial charge in [0.25, 0.3) is 0 Å². The number of rotatable bonds is 6. The highest BCUT2D eigenvalue weighted by Gasteiger charge is 2.42. The van der Waals surface area contributed by atoms with Crippen molar-refractivity contribution in [2.75, 3.05) is 0 Å². The van der Waals surface area contributed by atoms with Crippen molar-refractivity contribution in [3.05, 3.63) is 12.2 Å². The first-order valence-corrected chi connectivity index (χ1v) is 7.08. The molecule has 0 radical (unpaired) electrons. The molecule has 108 valence electrons. The number of aliphatic carboxylic acids is 1. The monoisotopic (exact) mass is 268 g/mol. The van der Waals surface area contributed by atoms with Crippen molar-refractivity contribution in [1.29, 1.82) is 0 Å². The molecule has 0 amide bonds. The van der Waals surface area contributed by atoms with Gasteiger partial charge in [0.05, 0.1) is 6.42 Å². The number of hydrogen-bond acceptors (Lipinski definition) is 3. The van der Waals surface area contributed by atoms with Gasteiger partial charge in [0.1, 0.15) is 5.60 Å². The van der Waals surface area contributed by atoms with Crippen molar-refractivity contribution in [3.63, 3.8) is 0 Å². The molecule has 2 unspecified atom stereocenters. The first-order chi connectivity index (χ1) is 8.95. The Morgan fingerprint density at radius 1 is 1.37 bits per heavy atom. The summed E-state index contributed by atoms with van der Waals surface area (Å²) in [5.74, 6) is -1.24. The zero-order chi connectivity index (χ0) is 14.5. The number of hydrogen-bond donors (Lipinski definition) is 1. The fraction of sp³-hybridized carbons (Fsp3) is 0.733. The van der Waals surface area contributed by atoms with Crippen LogP contribution in [0.15, 0.2) is 12.2 Å². The van der Waals surface area contributed by atoms with Crippen molar-refractivity contribution in [2.24, 2.45) is 5.92 Å². The summed E-state index contributed by atoms with van der Waals surface area (Å²) >= 11 is 0. The summed E-state index contributed by atoms with van der Waals surface area (Å²) in [6.07, 6.45) is 5.58. The fourth-order valence-electron chi connectivity index (χ4n) is 3.04. The second kappa shape index (κ2) is 6.73. The lowest BCUT2D eigenvalue weighted by Gasteiger charge is -2.43. The highest BCUT2D eigenvalue weighted by atomic mass is 16.6. The van der Waals surface area contributed by atoms with E-state index in [9.17, 15) is 9.59 Å². The zero-order valence-corrected chi connectivity index (χ0v) is 11.9. The quantitative estimate of drug-likeness (QED) is 0.593. The second-order valence-electron chi connectivity index (χ2n) is 5.33. The highest BCUT2D eigenvalue weighted by Crippen LogP contribution is 2.41. The van der Waals surface area contributed by atoms with E-state index < -0.39 is 17.5 Å². The van der Waals surface area contributed by atoms with Crippen molar-refractivity contribution >= 4 is 11.9 Å². The third kappa shape index (κ3) is 3.82. The summed E-state index contributed by atoms with van der Waals surface area (Å²) in [6.45, 7) is 7.66. The smallest absolute Gasteiger partial charge is 0.334 e. The molecule has 1 rings (SSSR count). The summed E-state index contributed by atoms with van der Waals surface area (Å²) < 4.78 is 5.69. The lowest BCUT2D eigenvalue weighted by Crippen LogP contribution is -2.44. The summed E-state index contributed by atoms with van der Waals surface area (Å²) in [5, 5.41) is 8.69. The molecular weight excluding hydrogens is 244 g/mol. The van der Waals surface area contributed by atoms with Gasteiger partial charge >= 0.3 is 11.9 Å². The van der Waals surface area contributed by atoms with E-state index in [0.717, 1.165) is 32.1 Å². The van der Waals surface area contributed by atoms with E-state index >= 15 is 0 Å². The maximum Gasteiger partial charge on any atom is 0.334 e. The number of ether oxygens (including phenoxy) is 1. The highest BCUT2D eigenvalue weighted by molar-refractivity contribution is 5.93. The SMILES string of the molecule is C=C(CC(=O)O)C(=O)OC1(CC)CCCCC1CC. The molecule has 0 heterocycles. The van der Waals surface area contributed by atoms with Gasteiger partial charge in [-0.15, -0.1) is 0 Å². The largest absolute Gasteiger partial charge is 0.481 e. The van der Waals surface area contributed by atoms with Gasteiger partial charge in [0.15, 0.2) is 0 Å². The second-order valence-corrected chi connectivity index (χ2v) is 5.33. The third-order valence-corrected chi connectivity index (χ3v) is 4.19. The topological polar surface area (TPSA) is 63.6 Å². The van der Waals surface area contributed by atoms with Crippen LogP contribution in [-0.2, 0) is 14.3 Å². The Bertz CT molecular complexity index is 361. The molecule has 0 aliphatic heterocycles. The van der Waals surface area contributed by atoms with Gasteiger partial charge in [-0.05, 0) is 38.0 Å². The Kier molecular flexibility index (Phi) is 5.58. The molecule has 0 aromatic carbocycles. The summed E-state index contributed by atoms with van der Waals surface area (Å²) in [4.78, 5) is 22.6. The minimum atomic E-state index is -1.05. The lowest BCUT2D eigenvalue weighted by molar-refractivity contribution is -0.168. The number of esters is 1. The van der Waals surface area contributed by atoms with Crippen molar-refractivity contribution in [2.45, 2.75) is 64.4 Å². The first-order valence-electron chi connectivity index (χ1n) is 7.08. The number of carboxylic acid groups (broad SMARTS) is 1. The van der Waals surface area contributed by atoms with Crippen molar-refractivity contribution in [1.82, 2.24) is 0 Å². The van der Waals surface area contributed by atoms with E-state index in [-0.39, 0.29) is 12.0 Å². The summed E-state index contributed by atoms with van der Waals surface area (Å²) in [5.41, 5.74) is -0.397. The minimum Gasteiger partial charge on any atom is -0.481 e. The van der Waals surface area contributed by atoms with E-state index in [2.05, 4.69) is 13.5 Å². The molecule has 0 spiro atoms. The summed E-state index contributed by atoms with van der Waals surface area (Å²) in [6, 6.07) is 0. The van der Waals surface area contributed by atoms with Gasteiger partial charge in [-0.25, -0.2) is 4.79 Å². The average molecular weight is 268 g/mol. The molecule has 1 N–H and O–H groups in total. The van der Waals surface area contributed by atoms with Crippen LogP contribution in [0.25, 0.3) is 0 Å².